The molecule has 2 aromatic rings. The van der Waals surface area contributed by atoms with Gasteiger partial charge in [0, 0.05) is 5.69 Å². The second-order valence-corrected chi connectivity index (χ2v) is 4.49. The highest BCUT2D eigenvalue weighted by molar-refractivity contribution is 6.36. The molecule has 0 aliphatic carbocycles. The fourth-order valence-electron chi connectivity index (χ4n) is 1.47. The lowest BCUT2D eigenvalue weighted by Crippen LogP contribution is -2.13. The highest BCUT2D eigenvalue weighted by atomic mass is 35.5. The summed E-state index contributed by atoms with van der Waals surface area (Å²) >= 11 is 11.9. The van der Waals surface area contributed by atoms with E-state index in [1.807, 2.05) is 0 Å². The van der Waals surface area contributed by atoms with E-state index in [-0.39, 0.29) is 5.91 Å². The molecule has 0 unspecified atom stereocenters. The molecule has 0 saturated carbocycles. The molecule has 0 aliphatic rings. The zero-order valence-electron chi connectivity index (χ0n) is 9.28. The fraction of sp³-hybridized carbons (Fsp3) is 0. The highest BCUT2D eigenvalue weighted by Crippen LogP contribution is 2.24. The third kappa shape index (κ3) is 2.75. The van der Waals surface area contributed by atoms with Gasteiger partial charge in [-0.15, -0.1) is 0 Å². The number of nitrogens with two attached hydrogens (primary N) is 1. The van der Waals surface area contributed by atoms with Crippen LogP contribution >= 0.6 is 23.2 Å². The van der Waals surface area contributed by atoms with E-state index in [0.29, 0.717) is 27.0 Å². The number of nitrogens with one attached hydrogen (secondary N) is 1. The molecule has 0 bridgehead atoms. The van der Waals surface area contributed by atoms with Gasteiger partial charge in [0.1, 0.15) is 0 Å². The molecule has 3 nitrogen and oxygen atoms in total. The number of rotatable bonds is 2. The Morgan fingerprint density at radius 2 is 1.78 bits per heavy atom. The number of nitrogen functional groups attached to an aromatic ring is 1. The van der Waals surface area contributed by atoms with Crippen LogP contribution in [0.3, 0.4) is 0 Å². The number of para-hydroxylation sites is 1. The van der Waals surface area contributed by atoms with Crippen molar-refractivity contribution >= 4 is 40.5 Å². The molecule has 2 aromatic carbocycles. The van der Waals surface area contributed by atoms with Crippen LogP contribution in [-0.2, 0) is 0 Å². The van der Waals surface area contributed by atoms with Gasteiger partial charge in [0.15, 0.2) is 0 Å². The van der Waals surface area contributed by atoms with Crippen LogP contribution in [0, 0.1) is 0 Å². The molecule has 0 heterocycles. The predicted molar refractivity (Wildman–Crippen MR) is 75.3 cm³/mol. The maximum atomic E-state index is 12.0. The van der Waals surface area contributed by atoms with Gasteiger partial charge in [-0.3, -0.25) is 4.79 Å². The van der Waals surface area contributed by atoms with E-state index >= 15 is 0 Å². The summed E-state index contributed by atoms with van der Waals surface area (Å²) < 4.78 is 0. The third-order valence-electron chi connectivity index (χ3n) is 2.36. The number of amides is 1. The van der Waals surface area contributed by atoms with E-state index in [0.717, 1.165) is 0 Å². The molecule has 1 amide bonds. The van der Waals surface area contributed by atoms with Crippen LogP contribution in [0.4, 0.5) is 11.4 Å². The van der Waals surface area contributed by atoms with E-state index in [9.17, 15) is 4.79 Å². The summed E-state index contributed by atoms with van der Waals surface area (Å²) in [6, 6.07) is 11.7. The molecular weight excluding hydrogens is 271 g/mol. The standard InChI is InChI=1S/C13H10Cl2N2O/c14-10-6-5-8(16)7-9(10)13(18)17-12-4-2-1-3-11(12)15/h1-7H,16H2,(H,17,18). The second kappa shape index (κ2) is 5.29. The van der Waals surface area contributed by atoms with Crippen LogP contribution < -0.4 is 11.1 Å². The lowest BCUT2D eigenvalue weighted by atomic mass is 10.2. The minimum absolute atomic E-state index is 0.316. The normalized spacial score (nSPS) is 10.1. The van der Waals surface area contributed by atoms with Gasteiger partial charge >= 0.3 is 0 Å². The molecule has 0 atom stereocenters. The first kappa shape index (κ1) is 12.7. The Balaban J connectivity index is 2.28. The molecule has 0 fully saturated rings. The van der Waals surface area contributed by atoms with Crippen molar-refractivity contribution in [3.05, 3.63) is 58.1 Å². The van der Waals surface area contributed by atoms with E-state index in [4.69, 9.17) is 28.9 Å². The Morgan fingerprint density at radius 3 is 2.50 bits per heavy atom. The quantitative estimate of drug-likeness (QED) is 0.822. The van der Waals surface area contributed by atoms with Crippen molar-refractivity contribution in [1.29, 1.82) is 0 Å². The molecular formula is C13H10Cl2N2O. The largest absolute Gasteiger partial charge is 0.399 e. The van der Waals surface area contributed by atoms with Gasteiger partial charge in [0.25, 0.3) is 5.91 Å². The van der Waals surface area contributed by atoms with E-state index in [1.54, 1.807) is 36.4 Å². The number of hydrogen-bond acceptors (Lipinski definition) is 2. The van der Waals surface area contributed by atoms with E-state index in [2.05, 4.69) is 5.32 Å². The van der Waals surface area contributed by atoms with Crippen molar-refractivity contribution in [1.82, 2.24) is 0 Å². The number of hydrogen-bond donors (Lipinski definition) is 2. The maximum absolute atomic E-state index is 12.0. The first-order valence-corrected chi connectivity index (χ1v) is 5.94. The monoisotopic (exact) mass is 280 g/mol. The Bertz CT molecular complexity index is 599. The molecule has 5 heteroatoms. The maximum Gasteiger partial charge on any atom is 0.257 e. The topological polar surface area (TPSA) is 55.1 Å². The van der Waals surface area contributed by atoms with Gasteiger partial charge in [0.05, 0.1) is 21.3 Å². The van der Waals surface area contributed by atoms with Crippen molar-refractivity contribution in [3.63, 3.8) is 0 Å². The van der Waals surface area contributed by atoms with Crippen LogP contribution in [0.25, 0.3) is 0 Å². The molecule has 0 aromatic heterocycles. The van der Waals surface area contributed by atoms with Crippen molar-refractivity contribution < 1.29 is 4.79 Å². The predicted octanol–water partition coefficient (Wildman–Crippen LogP) is 3.83. The minimum atomic E-state index is -0.347. The average molecular weight is 281 g/mol. The van der Waals surface area contributed by atoms with Crippen molar-refractivity contribution in [2.75, 3.05) is 11.1 Å². The third-order valence-corrected chi connectivity index (χ3v) is 3.02. The molecule has 0 saturated heterocycles. The molecule has 92 valence electrons. The minimum Gasteiger partial charge on any atom is -0.399 e. The zero-order chi connectivity index (χ0) is 13.1. The molecule has 3 N–H and O–H groups in total. The second-order valence-electron chi connectivity index (χ2n) is 3.67. The lowest BCUT2D eigenvalue weighted by molar-refractivity contribution is 0.102. The molecule has 0 radical (unpaired) electrons. The van der Waals surface area contributed by atoms with Crippen molar-refractivity contribution in [2.45, 2.75) is 0 Å². The van der Waals surface area contributed by atoms with Gasteiger partial charge in [-0.25, -0.2) is 0 Å². The number of carbonyl (C=O) groups excluding carboxylic acids is 1. The summed E-state index contributed by atoms with van der Waals surface area (Å²) in [5.74, 6) is -0.347. The lowest BCUT2D eigenvalue weighted by Gasteiger charge is -2.08. The summed E-state index contributed by atoms with van der Waals surface area (Å²) in [4.78, 5) is 12.0. The van der Waals surface area contributed by atoms with E-state index < -0.39 is 0 Å². The van der Waals surface area contributed by atoms with Crippen molar-refractivity contribution in [2.24, 2.45) is 0 Å². The summed E-state index contributed by atoms with van der Waals surface area (Å²) in [6.45, 7) is 0. The smallest absolute Gasteiger partial charge is 0.257 e. The van der Waals surface area contributed by atoms with Gasteiger partial charge < -0.3 is 11.1 Å². The Kier molecular flexibility index (Phi) is 3.75. The van der Waals surface area contributed by atoms with Crippen LogP contribution in [0.15, 0.2) is 42.5 Å². The Morgan fingerprint density at radius 1 is 1.06 bits per heavy atom. The van der Waals surface area contributed by atoms with Crippen LogP contribution in [0.1, 0.15) is 10.4 Å². The number of anilines is 2. The SMILES string of the molecule is Nc1ccc(Cl)c(C(=O)Nc2ccccc2Cl)c1. The Labute approximate surface area is 115 Å². The molecule has 0 aliphatic heterocycles. The number of benzene rings is 2. The van der Waals surface area contributed by atoms with Gasteiger partial charge in [-0.2, -0.15) is 0 Å². The summed E-state index contributed by atoms with van der Waals surface area (Å²) in [5.41, 5.74) is 6.95. The summed E-state index contributed by atoms with van der Waals surface area (Å²) in [6.07, 6.45) is 0. The first-order valence-electron chi connectivity index (χ1n) is 5.19. The first-order chi connectivity index (χ1) is 8.58. The molecule has 18 heavy (non-hydrogen) atoms. The van der Waals surface area contributed by atoms with Crippen LogP contribution in [-0.4, -0.2) is 5.91 Å². The van der Waals surface area contributed by atoms with Crippen molar-refractivity contribution in [3.8, 4) is 0 Å². The number of halogens is 2. The average Bonchev–Trinajstić information content (AvgIpc) is 2.35. The van der Waals surface area contributed by atoms with Gasteiger partial charge in [-0.05, 0) is 30.3 Å². The van der Waals surface area contributed by atoms with Gasteiger partial charge in [0.2, 0.25) is 0 Å². The molecule has 0 spiro atoms. The highest BCUT2D eigenvalue weighted by Gasteiger charge is 2.12. The fourth-order valence-corrected chi connectivity index (χ4v) is 1.86. The summed E-state index contributed by atoms with van der Waals surface area (Å²) in [7, 11) is 0. The number of carbonyl (C=O) groups is 1. The van der Waals surface area contributed by atoms with Crippen LogP contribution in [0.2, 0.25) is 10.0 Å². The summed E-state index contributed by atoms with van der Waals surface area (Å²) in [5, 5.41) is 3.49. The van der Waals surface area contributed by atoms with E-state index in [1.165, 1.54) is 6.07 Å². The van der Waals surface area contributed by atoms with Gasteiger partial charge in [-0.1, -0.05) is 35.3 Å². The Hall–Kier alpha value is -1.71. The zero-order valence-corrected chi connectivity index (χ0v) is 10.8. The van der Waals surface area contributed by atoms with Crippen LogP contribution in [0.5, 0.6) is 0 Å². The molecule has 2 rings (SSSR count).